The molecule has 17 heavy (non-hydrogen) atoms. The third kappa shape index (κ3) is 7.19. The minimum atomic E-state index is 0. The van der Waals surface area contributed by atoms with Crippen molar-refractivity contribution >= 4 is 6.19 Å². The van der Waals surface area contributed by atoms with Gasteiger partial charge in [-0.25, -0.2) is 0 Å². The molecule has 0 aliphatic heterocycles. The first-order valence-electron chi connectivity index (χ1n) is 5.61. The molecular formula is C12H20Cl2NSiTi-. The molecule has 0 aromatic rings. The fourth-order valence-electron chi connectivity index (χ4n) is 2.23. The van der Waals surface area contributed by atoms with Gasteiger partial charge in [0, 0.05) is 0 Å². The Morgan fingerprint density at radius 1 is 1.12 bits per heavy atom. The van der Waals surface area contributed by atoms with E-state index in [0.717, 1.165) is 5.92 Å². The molecule has 2 aliphatic rings. The van der Waals surface area contributed by atoms with Crippen LogP contribution in [-0.4, -0.2) is 19.3 Å². The van der Waals surface area contributed by atoms with Gasteiger partial charge in [-0.1, -0.05) is 30.7 Å². The zero-order chi connectivity index (χ0) is 11.3. The molecule has 0 radical (unpaired) electrons. The number of hydrogen-bond acceptors (Lipinski definition) is 0. The standard InChI is InChI=1S/C10H14N.C2H6Si.2ClH.Ti/c1-11-10-7-6-8-4-2-3-5-9(8)10;1-3-2;;;/h2-5,8-10H,6-7H2,1H3;1-2H3;2*1H;/q-1;;;;+2/p-2. The summed E-state index contributed by atoms with van der Waals surface area (Å²) in [6, 6.07) is 0.598. The second-order valence-electron chi connectivity index (χ2n) is 4.41. The minimum absolute atomic E-state index is 0. The molecule has 0 heterocycles. The van der Waals surface area contributed by atoms with Crippen LogP contribution in [0.1, 0.15) is 12.8 Å². The quantitative estimate of drug-likeness (QED) is 0.466. The summed E-state index contributed by atoms with van der Waals surface area (Å²) >= 11 is 2.27. The fourth-order valence-corrected chi connectivity index (χ4v) is 2.23. The van der Waals surface area contributed by atoms with Gasteiger partial charge < -0.3 is 30.1 Å². The Morgan fingerprint density at radius 3 is 2.18 bits per heavy atom. The number of fused-ring (bicyclic) bond motifs is 1. The van der Waals surface area contributed by atoms with E-state index in [0.29, 0.717) is 12.0 Å². The van der Waals surface area contributed by atoms with E-state index in [-0.39, 0.29) is 31.0 Å². The van der Waals surface area contributed by atoms with Crippen molar-refractivity contribution in [3.05, 3.63) is 29.6 Å². The van der Waals surface area contributed by atoms with E-state index in [9.17, 15) is 0 Å². The van der Waals surface area contributed by atoms with Gasteiger partial charge in [0.1, 0.15) is 0 Å². The molecule has 0 amide bonds. The molecule has 3 unspecified atom stereocenters. The van der Waals surface area contributed by atoms with E-state index in [4.69, 9.17) is 0 Å². The van der Waals surface area contributed by atoms with Crippen molar-refractivity contribution < 1.29 is 44.0 Å². The first-order chi connectivity index (χ1) is 7.15. The molecule has 5 heteroatoms. The molecule has 0 N–H and O–H groups in total. The molecule has 1 fully saturated rings. The van der Waals surface area contributed by atoms with Crippen LogP contribution in [0.5, 0.6) is 0 Å². The molecule has 0 aromatic carbocycles. The monoisotopic (exact) mass is 324 g/mol. The van der Waals surface area contributed by atoms with Gasteiger partial charge in [-0.05, 0) is 18.3 Å². The van der Waals surface area contributed by atoms with Crippen molar-refractivity contribution in [2.75, 3.05) is 7.05 Å². The summed E-state index contributed by atoms with van der Waals surface area (Å²) in [6.45, 7) is 4.54. The summed E-state index contributed by atoms with van der Waals surface area (Å²) < 4.78 is 0. The summed E-state index contributed by atoms with van der Waals surface area (Å²) in [7, 11) is 1.94. The van der Waals surface area contributed by atoms with E-state index in [2.05, 4.69) is 61.9 Å². The van der Waals surface area contributed by atoms with Crippen molar-refractivity contribution in [1.29, 1.82) is 0 Å². The van der Waals surface area contributed by atoms with Crippen LogP contribution in [0.4, 0.5) is 0 Å². The molecule has 3 atom stereocenters. The van der Waals surface area contributed by atoms with Gasteiger partial charge in [-0.3, -0.25) is 0 Å². The van der Waals surface area contributed by atoms with Crippen LogP contribution < -0.4 is 24.8 Å². The summed E-state index contributed by atoms with van der Waals surface area (Å²) in [5, 5.41) is 4.39. The van der Waals surface area contributed by atoms with Crippen molar-refractivity contribution in [3.8, 4) is 0 Å². The normalized spacial score (nSPS) is 28.2. The second-order valence-corrected chi connectivity index (χ2v) is 11.1. The Bertz CT molecular complexity index is 278. The van der Waals surface area contributed by atoms with Crippen LogP contribution in [0.25, 0.3) is 5.32 Å². The van der Waals surface area contributed by atoms with Crippen LogP contribution in [0.2, 0.25) is 13.1 Å². The molecule has 2 aliphatic carbocycles. The van der Waals surface area contributed by atoms with E-state index < -0.39 is 0 Å². The van der Waals surface area contributed by atoms with Crippen LogP contribution in [-0.2, 0) is 19.2 Å². The number of halogens is 2. The zero-order valence-corrected chi connectivity index (χ0v) is 14.7. The van der Waals surface area contributed by atoms with Gasteiger partial charge in [-0.2, -0.15) is 7.05 Å². The second kappa shape index (κ2) is 10.8. The van der Waals surface area contributed by atoms with Gasteiger partial charge in [0.15, 0.2) is 0 Å². The van der Waals surface area contributed by atoms with Crippen molar-refractivity contribution in [2.45, 2.75) is 32.0 Å². The van der Waals surface area contributed by atoms with Gasteiger partial charge in [0.05, 0.1) is 0 Å². The molecule has 96 valence electrons. The number of nitrogens with zero attached hydrogens (tertiary/aromatic N) is 1. The SMILES string of the molecule is C[N-]C1CCC2C=CC=CC21.C[Si](C)=[Ti+2].[Cl-].[Cl-]. The Balaban J connectivity index is 0. The van der Waals surface area contributed by atoms with Crippen LogP contribution >= 0.6 is 0 Å². The number of allylic oxidation sites excluding steroid dienone is 3. The topological polar surface area (TPSA) is 14.1 Å². The van der Waals surface area contributed by atoms with Crippen molar-refractivity contribution in [2.24, 2.45) is 11.8 Å². The maximum Gasteiger partial charge on any atom is -1.00 e. The fraction of sp³-hybridized carbons (Fsp3) is 0.667. The molecule has 1 saturated carbocycles. The van der Waals surface area contributed by atoms with Gasteiger partial charge in [0.2, 0.25) is 0 Å². The Kier molecular flexibility index (Phi) is 12.9. The predicted octanol–water partition coefficient (Wildman–Crippen LogP) is -2.70. The van der Waals surface area contributed by atoms with E-state index in [1.165, 1.54) is 12.8 Å². The summed E-state index contributed by atoms with van der Waals surface area (Å²) in [5.74, 6) is 1.50. The summed E-state index contributed by atoms with van der Waals surface area (Å²) in [6.07, 6.45) is 11.7. The number of hydrogen-bond donors (Lipinski definition) is 0. The average Bonchev–Trinajstić information content (AvgIpc) is 2.59. The smallest absolute Gasteiger partial charge is 1.00 e. The molecule has 2 rings (SSSR count). The first-order valence-corrected chi connectivity index (χ1v) is 10.4. The van der Waals surface area contributed by atoms with Gasteiger partial charge >= 0.3 is 38.5 Å². The number of rotatable bonds is 1. The third-order valence-corrected chi connectivity index (χ3v) is 2.87. The molecule has 1 nitrogen and oxygen atoms in total. The van der Waals surface area contributed by atoms with Crippen molar-refractivity contribution in [3.63, 3.8) is 0 Å². The van der Waals surface area contributed by atoms with Crippen LogP contribution in [0.15, 0.2) is 24.3 Å². The van der Waals surface area contributed by atoms with E-state index in [1.54, 1.807) is 0 Å². The Hall–Kier alpha value is 0.951. The first kappa shape index (κ1) is 20.3. The van der Waals surface area contributed by atoms with Gasteiger partial charge in [-0.15, -0.1) is 6.04 Å². The van der Waals surface area contributed by atoms with Gasteiger partial charge in [0.25, 0.3) is 0 Å². The van der Waals surface area contributed by atoms with Crippen molar-refractivity contribution in [1.82, 2.24) is 0 Å². The summed E-state index contributed by atoms with van der Waals surface area (Å²) in [4.78, 5) is 0. The van der Waals surface area contributed by atoms with Crippen LogP contribution in [0, 0.1) is 11.8 Å². The summed E-state index contributed by atoms with van der Waals surface area (Å²) in [5.41, 5.74) is 0. The largest absolute Gasteiger partial charge is 1.00 e. The molecule has 0 saturated heterocycles. The zero-order valence-electron chi connectivity index (χ0n) is 10.7. The maximum atomic E-state index is 4.39. The molecular weight excluding hydrogens is 305 g/mol. The third-order valence-electron chi connectivity index (χ3n) is 2.87. The predicted molar refractivity (Wildman–Crippen MR) is 65.0 cm³/mol. The van der Waals surface area contributed by atoms with E-state index >= 15 is 0 Å². The Labute approximate surface area is 130 Å². The molecule has 0 aromatic heterocycles. The Morgan fingerprint density at radius 2 is 1.65 bits per heavy atom. The average molecular weight is 325 g/mol. The maximum absolute atomic E-state index is 4.39. The molecule has 0 spiro atoms. The molecule has 0 bridgehead atoms. The minimum Gasteiger partial charge on any atom is -1.00 e. The van der Waals surface area contributed by atoms with E-state index in [1.807, 2.05) is 7.05 Å². The van der Waals surface area contributed by atoms with Crippen LogP contribution in [0.3, 0.4) is 0 Å².